The Kier molecular flexibility index (Phi) is 6.75. The molecular formula is C19H17F3N2O4. The van der Waals surface area contributed by atoms with Crippen molar-refractivity contribution in [1.82, 2.24) is 0 Å². The lowest BCUT2D eigenvalue weighted by atomic mass is 10.1. The molecule has 0 saturated heterocycles. The highest BCUT2D eigenvalue weighted by Crippen LogP contribution is 2.21. The molecular weight excluding hydrogens is 377 g/mol. The second-order valence-electron chi connectivity index (χ2n) is 5.73. The van der Waals surface area contributed by atoms with E-state index in [1.807, 2.05) is 0 Å². The standard InChI is InChI=1S/C19H17F3N2O4/c1-11(25)24(13-5-3-4-12(10-13)19(27)28-2)9-8-16(26)23-15-7-6-14(20)17(21)18(15)22/h3-7,10H,8-9H2,1-2H3,(H,23,26). The van der Waals surface area contributed by atoms with Gasteiger partial charge in [0.25, 0.3) is 0 Å². The molecule has 6 nitrogen and oxygen atoms in total. The van der Waals surface area contributed by atoms with Crippen LogP contribution >= 0.6 is 0 Å². The minimum Gasteiger partial charge on any atom is -0.465 e. The van der Waals surface area contributed by atoms with E-state index in [4.69, 9.17) is 0 Å². The number of esters is 1. The first-order valence-electron chi connectivity index (χ1n) is 8.14. The lowest BCUT2D eigenvalue weighted by Gasteiger charge is -2.21. The van der Waals surface area contributed by atoms with Gasteiger partial charge in [0.2, 0.25) is 11.8 Å². The molecule has 0 unspecified atom stereocenters. The van der Waals surface area contributed by atoms with Gasteiger partial charge in [0.05, 0.1) is 18.4 Å². The maximum atomic E-state index is 13.6. The summed E-state index contributed by atoms with van der Waals surface area (Å²) < 4.78 is 44.4. The summed E-state index contributed by atoms with van der Waals surface area (Å²) in [6.07, 6.45) is -0.250. The maximum Gasteiger partial charge on any atom is 0.337 e. The zero-order valence-electron chi connectivity index (χ0n) is 15.1. The van der Waals surface area contributed by atoms with E-state index in [0.717, 1.165) is 6.07 Å². The van der Waals surface area contributed by atoms with Gasteiger partial charge in [-0.25, -0.2) is 18.0 Å². The summed E-state index contributed by atoms with van der Waals surface area (Å²) in [6, 6.07) is 7.64. The minimum absolute atomic E-state index is 0.0862. The molecule has 1 N–H and O–H groups in total. The van der Waals surface area contributed by atoms with Crippen molar-refractivity contribution in [2.24, 2.45) is 0 Å². The highest BCUT2D eigenvalue weighted by atomic mass is 19.2. The van der Waals surface area contributed by atoms with Crippen molar-refractivity contribution in [1.29, 1.82) is 0 Å². The van der Waals surface area contributed by atoms with Crippen LogP contribution in [0.25, 0.3) is 0 Å². The third-order valence-electron chi connectivity index (χ3n) is 3.83. The normalized spacial score (nSPS) is 10.3. The van der Waals surface area contributed by atoms with Crippen LogP contribution in [0.2, 0.25) is 0 Å². The third-order valence-corrected chi connectivity index (χ3v) is 3.83. The van der Waals surface area contributed by atoms with Crippen molar-refractivity contribution in [2.45, 2.75) is 13.3 Å². The largest absolute Gasteiger partial charge is 0.465 e. The molecule has 2 aromatic rings. The van der Waals surface area contributed by atoms with Gasteiger partial charge in [-0.05, 0) is 30.3 Å². The van der Waals surface area contributed by atoms with Gasteiger partial charge in [-0.2, -0.15) is 0 Å². The quantitative estimate of drug-likeness (QED) is 0.603. The van der Waals surface area contributed by atoms with Crippen molar-refractivity contribution in [3.8, 4) is 0 Å². The van der Waals surface area contributed by atoms with Crippen LogP contribution in [0.3, 0.4) is 0 Å². The molecule has 0 bridgehead atoms. The second kappa shape index (κ2) is 9.03. The van der Waals surface area contributed by atoms with Gasteiger partial charge in [-0.1, -0.05) is 6.07 Å². The van der Waals surface area contributed by atoms with Gasteiger partial charge >= 0.3 is 5.97 Å². The summed E-state index contributed by atoms with van der Waals surface area (Å²) in [5, 5.41) is 2.13. The highest BCUT2D eigenvalue weighted by Gasteiger charge is 2.18. The smallest absolute Gasteiger partial charge is 0.337 e. The van der Waals surface area contributed by atoms with E-state index < -0.39 is 40.9 Å². The molecule has 0 atom stereocenters. The Morgan fingerprint density at radius 2 is 1.79 bits per heavy atom. The van der Waals surface area contributed by atoms with Gasteiger partial charge in [0.1, 0.15) is 0 Å². The van der Waals surface area contributed by atoms with Crippen molar-refractivity contribution < 1.29 is 32.3 Å². The number of ether oxygens (including phenoxy) is 1. The van der Waals surface area contributed by atoms with Gasteiger partial charge < -0.3 is 15.0 Å². The van der Waals surface area contributed by atoms with Crippen molar-refractivity contribution >= 4 is 29.2 Å². The molecule has 2 amide bonds. The average molecular weight is 394 g/mol. The van der Waals surface area contributed by atoms with E-state index in [9.17, 15) is 27.6 Å². The molecule has 0 aromatic heterocycles. The van der Waals surface area contributed by atoms with E-state index >= 15 is 0 Å². The van der Waals surface area contributed by atoms with Crippen LogP contribution in [-0.2, 0) is 14.3 Å². The zero-order chi connectivity index (χ0) is 20.8. The number of hydrogen-bond acceptors (Lipinski definition) is 4. The van der Waals surface area contributed by atoms with E-state index in [2.05, 4.69) is 10.1 Å². The maximum absolute atomic E-state index is 13.6. The van der Waals surface area contributed by atoms with Crippen LogP contribution in [0.15, 0.2) is 36.4 Å². The lowest BCUT2D eigenvalue weighted by Crippen LogP contribution is -2.32. The fraction of sp³-hybridized carbons (Fsp3) is 0.211. The molecule has 0 radical (unpaired) electrons. The summed E-state index contributed by atoms with van der Waals surface area (Å²) in [6.45, 7) is 1.19. The fourth-order valence-electron chi connectivity index (χ4n) is 2.44. The number of methoxy groups -OCH3 is 1. The van der Waals surface area contributed by atoms with Crippen molar-refractivity contribution in [3.05, 3.63) is 59.4 Å². The summed E-state index contributed by atoms with van der Waals surface area (Å²) in [5.41, 5.74) is 0.0766. The van der Waals surface area contributed by atoms with Crippen LogP contribution in [0.1, 0.15) is 23.7 Å². The Morgan fingerprint density at radius 3 is 2.43 bits per heavy atom. The molecule has 0 spiro atoms. The van der Waals surface area contributed by atoms with Crippen LogP contribution in [0.5, 0.6) is 0 Å². The molecule has 148 valence electrons. The van der Waals surface area contributed by atoms with E-state index in [-0.39, 0.29) is 18.5 Å². The molecule has 0 fully saturated rings. The number of nitrogens with one attached hydrogen (secondary N) is 1. The number of rotatable bonds is 6. The Balaban J connectivity index is 2.10. The van der Waals surface area contributed by atoms with E-state index in [0.29, 0.717) is 11.8 Å². The summed E-state index contributed by atoms with van der Waals surface area (Å²) in [5.74, 6) is -6.26. The SMILES string of the molecule is COC(=O)c1cccc(N(CCC(=O)Nc2ccc(F)c(F)c2F)C(C)=O)c1. The number of amides is 2. The van der Waals surface area contributed by atoms with Gasteiger partial charge in [-0.15, -0.1) is 0 Å². The molecule has 0 aliphatic carbocycles. The van der Waals surface area contributed by atoms with Crippen molar-refractivity contribution in [3.63, 3.8) is 0 Å². The molecule has 0 saturated carbocycles. The Hall–Kier alpha value is -3.36. The van der Waals surface area contributed by atoms with E-state index in [1.165, 1.54) is 31.1 Å². The van der Waals surface area contributed by atoms with Crippen LogP contribution in [-0.4, -0.2) is 31.4 Å². The predicted molar refractivity (Wildman–Crippen MR) is 95.4 cm³/mol. The minimum atomic E-state index is -1.69. The number of nitrogens with zero attached hydrogens (tertiary/aromatic N) is 1. The topological polar surface area (TPSA) is 75.7 Å². The number of benzene rings is 2. The Morgan fingerprint density at radius 1 is 1.07 bits per heavy atom. The monoisotopic (exact) mass is 394 g/mol. The molecule has 2 aromatic carbocycles. The molecule has 0 heterocycles. The van der Waals surface area contributed by atoms with Crippen LogP contribution < -0.4 is 10.2 Å². The van der Waals surface area contributed by atoms with Gasteiger partial charge in [0.15, 0.2) is 17.5 Å². The van der Waals surface area contributed by atoms with Crippen molar-refractivity contribution in [2.75, 3.05) is 23.9 Å². The van der Waals surface area contributed by atoms with Gasteiger partial charge in [-0.3, -0.25) is 9.59 Å². The number of halogens is 3. The number of anilines is 2. The summed E-state index contributed by atoms with van der Waals surface area (Å²) in [7, 11) is 1.22. The molecule has 2 rings (SSSR count). The number of carbonyl (C=O) groups is 3. The lowest BCUT2D eigenvalue weighted by molar-refractivity contribution is -0.117. The average Bonchev–Trinajstić information content (AvgIpc) is 2.68. The summed E-state index contributed by atoms with van der Waals surface area (Å²) >= 11 is 0. The first-order chi connectivity index (χ1) is 13.2. The Labute approximate surface area is 158 Å². The zero-order valence-corrected chi connectivity index (χ0v) is 15.1. The summed E-state index contributed by atoms with van der Waals surface area (Å²) in [4.78, 5) is 36.8. The number of carbonyl (C=O) groups excluding carboxylic acids is 3. The molecule has 0 aliphatic rings. The fourth-order valence-corrected chi connectivity index (χ4v) is 2.44. The van der Waals surface area contributed by atoms with E-state index in [1.54, 1.807) is 12.1 Å². The number of hydrogen-bond donors (Lipinski definition) is 1. The predicted octanol–water partition coefficient (Wildman–Crippen LogP) is 3.27. The first-order valence-corrected chi connectivity index (χ1v) is 8.14. The van der Waals surface area contributed by atoms with Crippen LogP contribution in [0, 0.1) is 17.5 Å². The first kappa shape index (κ1) is 20.9. The van der Waals surface area contributed by atoms with Crippen LogP contribution in [0.4, 0.5) is 24.5 Å². The second-order valence-corrected chi connectivity index (χ2v) is 5.73. The molecule has 0 aliphatic heterocycles. The van der Waals surface area contributed by atoms with Gasteiger partial charge in [0, 0.05) is 25.6 Å². The molecule has 9 heteroatoms. The molecule has 28 heavy (non-hydrogen) atoms. The Bertz CT molecular complexity index is 918. The third kappa shape index (κ3) is 4.87. The highest BCUT2D eigenvalue weighted by molar-refractivity contribution is 5.96.